The first-order valence-electron chi connectivity index (χ1n) is 6.85. The van der Waals surface area contributed by atoms with Crippen LogP contribution in [0.4, 0.5) is 0 Å². The minimum atomic E-state index is -0.0584. The summed E-state index contributed by atoms with van der Waals surface area (Å²) in [5.74, 6) is 2.02. The van der Waals surface area contributed by atoms with Gasteiger partial charge in [-0.1, -0.05) is 27.7 Å². The normalized spacial score (nSPS) is 21.4. The molecule has 0 amide bonds. The number of halogens is 1. The lowest BCUT2D eigenvalue weighted by atomic mass is 9.96. The highest BCUT2D eigenvalue weighted by Gasteiger charge is 2.66. The Morgan fingerprint density at radius 1 is 1.05 bits per heavy atom. The summed E-state index contributed by atoms with van der Waals surface area (Å²) in [6, 6.07) is 3.85. The van der Waals surface area contributed by atoms with Crippen molar-refractivity contribution in [3.05, 3.63) is 22.2 Å². The van der Waals surface area contributed by atoms with Gasteiger partial charge in [-0.2, -0.15) is 0 Å². The Morgan fingerprint density at radius 2 is 1.55 bits per heavy atom. The highest BCUT2D eigenvalue weighted by atomic mass is 79.9. The summed E-state index contributed by atoms with van der Waals surface area (Å²) in [7, 11) is 3.33. The summed E-state index contributed by atoms with van der Waals surface area (Å²) in [5, 5.41) is 0. The molecule has 0 aliphatic heterocycles. The molecule has 0 heterocycles. The second-order valence-corrected chi connectivity index (χ2v) is 7.53. The quantitative estimate of drug-likeness (QED) is 0.894. The Morgan fingerprint density at radius 3 is 1.95 bits per heavy atom. The Labute approximate surface area is 130 Å². The SMILES string of the molecule is COc1cc(C(N)C2C(C)(C)C2(C)C)c(OC)cc1Br. The van der Waals surface area contributed by atoms with Gasteiger partial charge in [-0.3, -0.25) is 0 Å². The van der Waals surface area contributed by atoms with E-state index < -0.39 is 0 Å². The van der Waals surface area contributed by atoms with E-state index in [4.69, 9.17) is 15.2 Å². The van der Waals surface area contributed by atoms with Crippen LogP contribution in [-0.4, -0.2) is 14.2 Å². The minimum absolute atomic E-state index is 0.0584. The predicted octanol–water partition coefficient (Wildman–Crippen LogP) is 4.15. The van der Waals surface area contributed by atoms with Gasteiger partial charge in [0.25, 0.3) is 0 Å². The van der Waals surface area contributed by atoms with Crippen LogP contribution in [0, 0.1) is 16.7 Å². The van der Waals surface area contributed by atoms with E-state index in [9.17, 15) is 0 Å². The largest absolute Gasteiger partial charge is 0.496 e. The minimum Gasteiger partial charge on any atom is -0.496 e. The van der Waals surface area contributed by atoms with Gasteiger partial charge in [-0.05, 0) is 44.8 Å². The van der Waals surface area contributed by atoms with Crippen molar-refractivity contribution in [3.63, 3.8) is 0 Å². The topological polar surface area (TPSA) is 44.5 Å². The van der Waals surface area contributed by atoms with Crippen molar-refractivity contribution in [1.82, 2.24) is 0 Å². The van der Waals surface area contributed by atoms with E-state index in [1.165, 1.54) is 0 Å². The molecule has 1 saturated carbocycles. The lowest BCUT2D eigenvalue weighted by Crippen LogP contribution is -2.17. The molecule has 1 aliphatic carbocycles. The first-order chi connectivity index (χ1) is 9.18. The van der Waals surface area contributed by atoms with E-state index in [0.29, 0.717) is 5.92 Å². The van der Waals surface area contributed by atoms with E-state index in [0.717, 1.165) is 21.5 Å². The summed E-state index contributed by atoms with van der Waals surface area (Å²) in [4.78, 5) is 0. The average Bonchev–Trinajstić information content (AvgIpc) is 2.78. The standard InChI is InChI=1S/C16H24BrNO2/c1-15(2)14(16(15,3)4)13(18)9-7-12(20-6)10(17)8-11(9)19-5/h7-8,13-14H,18H2,1-6H3. The predicted molar refractivity (Wildman–Crippen MR) is 85.2 cm³/mol. The molecule has 4 heteroatoms. The number of hydrogen-bond donors (Lipinski definition) is 1. The van der Waals surface area contributed by atoms with Crippen molar-refractivity contribution >= 4 is 15.9 Å². The van der Waals surface area contributed by atoms with Gasteiger partial charge in [0.15, 0.2) is 0 Å². The molecule has 1 unspecified atom stereocenters. The van der Waals surface area contributed by atoms with Crippen LogP contribution in [0.3, 0.4) is 0 Å². The molecule has 2 rings (SSSR count). The molecule has 1 aliphatic rings. The lowest BCUT2D eigenvalue weighted by molar-refractivity contribution is 0.385. The van der Waals surface area contributed by atoms with Crippen LogP contribution < -0.4 is 15.2 Å². The summed E-state index contributed by atoms with van der Waals surface area (Å²) in [6.07, 6.45) is 0. The molecule has 0 bridgehead atoms. The first-order valence-corrected chi connectivity index (χ1v) is 7.64. The first kappa shape index (κ1) is 15.6. The molecule has 1 aromatic carbocycles. The van der Waals surface area contributed by atoms with Crippen molar-refractivity contribution in [2.24, 2.45) is 22.5 Å². The third-order valence-corrected chi connectivity index (χ3v) is 5.97. The fraction of sp³-hybridized carbons (Fsp3) is 0.625. The monoisotopic (exact) mass is 341 g/mol. The Hall–Kier alpha value is -0.740. The van der Waals surface area contributed by atoms with Crippen LogP contribution in [0.15, 0.2) is 16.6 Å². The van der Waals surface area contributed by atoms with Crippen LogP contribution in [0.5, 0.6) is 11.5 Å². The molecule has 2 N–H and O–H groups in total. The molecule has 0 aromatic heterocycles. The van der Waals surface area contributed by atoms with Crippen LogP contribution in [0.25, 0.3) is 0 Å². The van der Waals surface area contributed by atoms with Gasteiger partial charge in [0, 0.05) is 11.6 Å². The van der Waals surface area contributed by atoms with E-state index in [2.05, 4.69) is 43.6 Å². The van der Waals surface area contributed by atoms with Gasteiger partial charge in [0.2, 0.25) is 0 Å². The van der Waals surface area contributed by atoms with Crippen molar-refractivity contribution in [2.45, 2.75) is 33.7 Å². The Bertz CT molecular complexity index is 511. The zero-order valence-corrected chi connectivity index (χ0v) is 14.7. The fourth-order valence-corrected chi connectivity index (χ4v) is 3.95. The maximum absolute atomic E-state index is 6.55. The molecule has 20 heavy (non-hydrogen) atoms. The smallest absolute Gasteiger partial charge is 0.133 e. The van der Waals surface area contributed by atoms with E-state index in [1.54, 1.807) is 14.2 Å². The fourth-order valence-electron chi connectivity index (χ4n) is 3.47. The van der Waals surface area contributed by atoms with E-state index in [1.807, 2.05) is 12.1 Å². The molecule has 3 nitrogen and oxygen atoms in total. The summed E-state index contributed by atoms with van der Waals surface area (Å²) in [6.45, 7) is 9.11. The summed E-state index contributed by atoms with van der Waals surface area (Å²) >= 11 is 3.48. The lowest BCUT2D eigenvalue weighted by Gasteiger charge is -2.19. The van der Waals surface area contributed by atoms with Gasteiger partial charge in [-0.25, -0.2) is 0 Å². The van der Waals surface area contributed by atoms with Gasteiger partial charge in [-0.15, -0.1) is 0 Å². The van der Waals surface area contributed by atoms with E-state index >= 15 is 0 Å². The number of rotatable bonds is 4. The zero-order valence-electron chi connectivity index (χ0n) is 13.1. The van der Waals surface area contributed by atoms with Gasteiger partial charge < -0.3 is 15.2 Å². The highest BCUT2D eigenvalue weighted by Crippen LogP contribution is 2.72. The summed E-state index contributed by atoms with van der Waals surface area (Å²) in [5.41, 5.74) is 8.03. The van der Waals surface area contributed by atoms with Crippen molar-refractivity contribution < 1.29 is 9.47 Å². The number of hydrogen-bond acceptors (Lipinski definition) is 3. The maximum Gasteiger partial charge on any atom is 0.133 e. The Balaban J connectivity index is 2.43. The van der Waals surface area contributed by atoms with Crippen LogP contribution in [0.1, 0.15) is 39.3 Å². The highest BCUT2D eigenvalue weighted by molar-refractivity contribution is 9.10. The number of benzene rings is 1. The van der Waals surface area contributed by atoms with Crippen LogP contribution in [0.2, 0.25) is 0 Å². The zero-order chi connectivity index (χ0) is 15.3. The molecule has 1 aromatic rings. The molecular formula is C16H24BrNO2. The average molecular weight is 342 g/mol. The van der Waals surface area contributed by atoms with Gasteiger partial charge >= 0.3 is 0 Å². The second kappa shape index (κ2) is 4.92. The molecule has 112 valence electrons. The molecule has 1 fully saturated rings. The van der Waals surface area contributed by atoms with Gasteiger partial charge in [0.05, 0.1) is 18.7 Å². The van der Waals surface area contributed by atoms with Crippen molar-refractivity contribution in [2.75, 3.05) is 14.2 Å². The number of nitrogens with two attached hydrogens (primary N) is 1. The maximum atomic E-state index is 6.55. The third-order valence-electron chi connectivity index (χ3n) is 5.35. The van der Waals surface area contributed by atoms with Crippen LogP contribution >= 0.6 is 15.9 Å². The Kier molecular flexibility index (Phi) is 3.85. The van der Waals surface area contributed by atoms with Crippen molar-refractivity contribution in [3.8, 4) is 11.5 Å². The molecular weight excluding hydrogens is 318 g/mol. The molecule has 1 atom stereocenters. The molecule has 0 saturated heterocycles. The molecule has 0 spiro atoms. The van der Waals surface area contributed by atoms with Crippen molar-refractivity contribution in [1.29, 1.82) is 0 Å². The van der Waals surface area contributed by atoms with E-state index in [-0.39, 0.29) is 16.9 Å². The number of methoxy groups -OCH3 is 2. The van der Waals surface area contributed by atoms with Crippen LogP contribution in [-0.2, 0) is 0 Å². The van der Waals surface area contributed by atoms with Gasteiger partial charge in [0.1, 0.15) is 11.5 Å². The molecule has 0 radical (unpaired) electrons. The second-order valence-electron chi connectivity index (χ2n) is 6.68. The number of ether oxygens (including phenoxy) is 2. The third kappa shape index (κ3) is 2.13. The summed E-state index contributed by atoms with van der Waals surface area (Å²) < 4.78 is 11.8.